The molecule has 0 bridgehead atoms. The molecule has 2 aromatic rings. The van der Waals surface area contributed by atoms with E-state index in [1.54, 1.807) is 11.3 Å². The first-order chi connectivity index (χ1) is 9.54. The molecule has 20 heavy (non-hydrogen) atoms. The Hall–Kier alpha value is -1.33. The van der Waals surface area contributed by atoms with Crippen molar-refractivity contribution in [2.75, 3.05) is 0 Å². The molecule has 0 aliphatic heterocycles. The van der Waals surface area contributed by atoms with Gasteiger partial charge in [-0.3, -0.25) is 0 Å². The van der Waals surface area contributed by atoms with Crippen molar-refractivity contribution in [1.82, 2.24) is 15.5 Å². The Morgan fingerprint density at radius 2 is 1.90 bits per heavy atom. The Bertz CT molecular complexity index is 536. The summed E-state index contributed by atoms with van der Waals surface area (Å²) in [5, 5.41) is 13.7. The fraction of sp³-hybridized carbons (Fsp3) is 0.467. The lowest BCUT2D eigenvalue weighted by Gasteiger charge is -2.22. The fourth-order valence-electron chi connectivity index (χ4n) is 2.05. The molecule has 0 saturated heterocycles. The Morgan fingerprint density at radius 3 is 2.45 bits per heavy atom. The largest absolute Gasteiger partial charge is 0.307 e. The van der Waals surface area contributed by atoms with E-state index in [1.807, 2.05) is 19.1 Å². The predicted octanol–water partition coefficient (Wildman–Crippen LogP) is 3.34. The van der Waals surface area contributed by atoms with Gasteiger partial charge in [0.05, 0.1) is 0 Å². The summed E-state index contributed by atoms with van der Waals surface area (Å²) in [7, 11) is 0. The third-order valence-electron chi connectivity index (χ3n) is 3.26. The summed E-state index contributed by atoms with van der Waals surface area (Å²) in [6, 6.07) is 7.06. The summed E-state index contributed by atoms with van der Waals surface area (Å²) in [6.45, 7) is 7.06. The van der Waals surface area contributed by atoms with E-state index in [2.05, 4.69) is 29.4 Å². The smallest absolute Gasteiger partial charge is 0.131 e. The van der Waals surface area contributed by atoms with Gasteiger partial charge in [-0.1, -0.05) is 26.0 Å². The maximum absolute atomic E-state index is 12.9. The van der Waals surface area contributed by atoms with Gasteiger partial charge >= 0.3 is 0 Å². The molecule has 1 aromatic carbocycles. The van der Waals surface area contributed by atoms with Gasteiger partial charge in [0.25, 0.3) is 0 Å². The van der Waals surface area contributed by atoms with E-state index < -0.39 is 0 Å². The van der Waals surface area contributed by atoms with Gasteiger partial charge in [-0.15, -0.1) is 21.5 Å². The van der Waals surface area contributed by atoms with E-state index in [1.165, 1.54) is 12.1 Å². The minimum absolute atomic E-state index is 0.188. The minimum Gasteiger partial charge on any atom is -0.307 e. The Balaban J connectivity index is 1.95. The average molecular weight is 293 g/mol. The summed E-state index contributed by atoms with van der Waals surface area (Å²) < 4.78 is 12.9. The number of aromatic nitrogens is 2. The number of hydrogen-bond donors (Lipinski definition) is 1. The van der Waals surface area contributed by atoms with Crippen molar-refractivity contribution in [2.45, 2.75) is 39.8 Å². The molecule has 0 radical (unpaired) electrons. The van der Waals surface area contributed by atoms with Gasteiger partial charge in [-0.05, 0) is 37.0 Å². The average Bonchev–Trinajstić information content (AvgIpc) is 2.82. The van der Waals surface area contributed by atoms with Crippen LogP contribution in [-0.4, -0.2) is 16.2 Å². The molecule has 2 rings (SSSR count). The van der Waals surface area contributed by atoms with Gasteiger partial charge in [0, 0.05) is 12.6 Å². The molecule has 0 aliphatic carbocycles. The summed E-state index contributed by atoms with van der Waals surface area (Å²) in [6.07, 6.45) is 0.885. The monoisotopic (exact) mass is 293 g/mol. The zero-order valence-corrected chi connectivity index (χ0v) is 12.9. The van der Waals surface area contributed by atoms with Crippen LogP contribution >= 0.6 is 11.3 Å². The maximum Gasteiger partial charge on any atom is 0.131 e. The molecule has 1 atom stereocenters. The highest BCUT2D eigenvalue weighted by Crippen LogP contribution is 2.13. The van der Waals surface area contributed by atoms with Crippen LogP contribution in [0, 0.1) is 18.7 Å². The number of benzene rings is 1. The Kier molecular flexibility index (Phi) is 5.20. The van der Waals surface area contributed by atoms with Crippen LogP contribution in [0.2, 0.25) is 0 Å². The Morgan fingerprint density at radius 1 is 1.20 bits per heavy atom. The standard InChI is InChI=1S/C15H20FN3S/c1-10(2)14(8-12-4-6-13(16)7-5-12)17-9-15-19-18-11(3)20-15/h4-7,10,14,17H,8-9H2,1-3H3. The van der Waals surface area contributed by atoms with E-state index in [4.69, 9.17) is 0 Å². The predicted molar refractivity (Wildman–Crippen MR) is 80.2 cm³/mol. The maximum atomic E-state index is 12.9. The molecular weight excluding hydrogens is 273 g/mol. The van der Waals surface area contributed by atoms with Gasteiger partial charge in [0.15, 0.2) is 0 Å². The van der Waals surface area contributed by atoms with Crippen LogP contribution < -0.4 is 5.32 Å². The minimum atomic E-state index is -0.188. The second-order valence-corrected chi connectivity index (χ2v) is 6.54. The molecule has 1 heterocycles. The third kappa shape index (κ3) is 4.35. The molecule has 0 spiro atoms. The van der Waals surface area contributed by atoms with Crippen LogP contribution in [0.15, 0.2) is 24.3 Å². The number of hydrogen-bond acceptors (Lipinski definition) is 4. The highest BCUT2D eigenvalue weighted by molar-refractivity contribution is 7.11. The van der Waals surface area contributed by atoms with Crippen molar-refractivity contribution in [3.63, 3.8) is 0 Å². The summed E-state index contributed by atoms with van der Waals surface area (Å²) in [5.41, 5.74) is 1.14. The van der Waals surface area contributed by atoms with Crippen molar-refractivity contribution in [3.8, 4) is 0 Å². The molecular formula is C15H20FN3S. The van der Waals surface area contributed by atoms with Crippen LogP contribution in [0.25, 0.3) is 0 Å². The molecule has 5 heteroatoms. The van der Waals surface area contributed by atoms with E-state index in [0.29, 0.717) is 12.0 Å². The first-order valence-corrected chi connectivity index (χ1v) is 7.63. The van der Waals surface area contributed by atoms with Gasteiger partial charge in [-0.2, -0.15) is 0 Å². The van der Waals surface area contributed by atoms with Crippen LogP contribution in [0.4, 0.5) is 4.39 Å². The molecule has 1 unspecified atom stereocenters. The summed E-state index contributed by atoms with van der Waals surface area (Å²) in [4.78, 5) is 0. The van der Waals surface area contributed by atoms with E-state index in [9.17, 15) is 4.39 Å². The fourth-order valence-corrected chi connectivity index (χ4v) is 2.71. The normalized spacial score (nSPS) is 12.8. The number of nitrogens with zero attached hydrogens (tertiary/aromatic N) is 2. The Labute approximate surface area is 123 Å². The summed E-state index contributed by atoms with van der Waals surface area (Å²) >= 11 is 1.62. The van der Waals surface area contributed by atoms with Crippen molar-refractivity contribution >= 4 is 11.3 Å². The highest BCUT2D eigenvalue weighted by atomic mass is 32.1. The lowest BCUT2D eigenvalue weighted by molar-refractivity contribution is 0.394. The van der Waals surface area contributed by atoms with Crippen LogP contribution in [-0.2, 0) is 13.0 Å². The number of aryl methyl sites for hydroxylation is 1. The number of nitrogens with one attached hydrogen (secondary N) is 1. The second-order valence-electron chi connectivity index (χ2n) is 5.28. The highest BCUT2D eigenvalue weighted by Gasteiger charge is 2.14. The van der Waals surface area contributed by atoms with Crippen molar-refractivity contribution in [2.24, 2.45) is 5.92 Å². The number of halogens is 1. The molecule has 0 amide bonds. The van der Waals surface area contributed by atoms with Gasteiger partial charge in [0.2, 0.25) is 0 Å². The molecule has 0 aliphatic rings. The molecule has 3 nitrogen and oxygen atoms in total. The molecule has 108 valence electrons. The SMILES string of the molecule is Cc1nnc(CNC(Cc2ccc(F)cc2)C(C)C)s1. The summed E-state index contributed by atoms with van der Waals surface area (Å²) in [5.74, 6) is 0.307. The van der Waals surface area contributed by atoms with Gasteiger partial charge in [-0.25, -0.2) is 4.39 Å². The van der Waals surface area contributed by atoms with E-state index in [0.717, 1.165) is 28.5 Å². The third-order valence-corrected chi connectivity index (χ3v) is 4.10. The second kappa shape index (κ2) is 6.90. The molecule has 0 saturated carbocycles. The lowest BCUT2D eigenvalue weighted by atomic mass is 9.96. The molecule has 1 aromatic heterocycles. The lowest BCUT2D eigenvalue weighted by Crippen LogP contribution is -2.35. The molecule has 1 N–H and O–H groups in total. The van der Waals surface area contributed by atoms with Crippen LogP contribution in [0.5, 0.6) is 0 Å². The zero-order valence-electron chi connectivity index (χ0n) is 12.1. The van der Waals surface area contributed by atoms with Gasteiger partial charge in [0.1, 0.15) is 15.8 Å². The first kappa shape index (κ1) is 15.1. The first-order valence-electron chi connectivity index (χ1n) is 6.81. The number of rotatable bonds is 6. The van der Waals surface area contributed by atoms with E-state index >= 15 is 0 Å². The van der Waals surface area contributed by atoms with Crippen molar-refractivity contribution in [1.29, 1.82) is 0 Å². The molecule has 0 fully saturated rings. The van der Waals surface area contributed by atoms with Crippen LogP contribution in [0.1, 0.15) is 29.4 Å². The van der Waals surface area contributed by atoms with Gasteiger partial charge < -0.3 is 5.32 Å². The van der Waals surface area contributed by atoms with Crippen molar-refractivity contribution < 1.29 is 4.39 Å². The van der Waals surface area contributed by atoms with E-state index in [-0.39, 0.29) is 5.82 Å². The topological polar surface area (TPSA) is 37.8 Å². The quantitative estimate of drug-likeness (QED) is 0.887. The van der Waals surface area contributed by atoms with Crippen molar-refractivity contribution in [3.05, 3.63) is 45.7 Å². The zero-order chi connectivity index (χ0) is 14.5. The van der Waals surface area contributed by atoms with Crippen LogP contribution in [0.3, 0.4) is 0 Å².